The molecule has 0 spiro atoms. The molecule has 3 nitrogen and oxygen atoms in total. The maximum absolute atomic E-state index is 10.8. The van der Waals surface area contributed by atoms with Gasteiger partial charge in [0.05, 0.1) is 18.6 Å². The monoisotopic (exact) mass is 158 g/mol. The van der Waals surface area contributed by atoms with Gasteiger partial charge in [-0.3, -0.25) is 4.79 Å². The minimum Gasteiger partial charge on any atom is -0.466 e. The van der Waals surface area contributed by atoms with Crippen LogP contribution >= 0.6 is 0 Å². The highest BCUT2D eigenvalue weighted by molar-refractivity contribution is 5.70. The molecule has 0 aliphatic rings. The first-order valence-corrected chi connectivity index (χ1v) is 3.53. The summed E-state index contributed by atoms with van der Waals surface area (Å²) in [6.07, 6.45) is 1.29. The third-order valence-electron chi connectivity index (χ3n) is 1.25. The topological polar surface area (TPSA) is 46.5 Å². The van der Waals surface area contributed by atoms with Gasteiger partial charge in [0, 0.05) is 0 Å². The lowest BCUT2D eigenvalue weighted by atomic mass is 10.0. The van der Waals surface area contributed by atoms with E-state index in [2.05, 4.69) is 11.3 Å². The van der Waals surface area contributed by atoms with Gasteiger partial charge in [-0.05, 0) is 13.8 Å². The fraction of sp³-hybridized carbons (Fsp3) is 0.625. The van der Waals surface area contributed by atoms with Crippen LogP contribution in [0.4, 0.5) is 0 Å². The van der Waals surface area contributed by atoms with Crippen molar-refractivity contribution >= 4 is 5.97 Å². The molecule has 0 amide bonds. The zero-order valence-corrected chi connectivity index (χ0v) is 6.96. The molecular weight excluding hydrogens is 144 g/mol. The fourth-order valence-electron chi connectivity index (χ4n) is 0.576. The largest absolute Gasteiger partial charge is 0.466 e. The molecule has 0 rings (SSSR count). The Labute approximate surface area is 66.7 Å². The first-order valence-electron chi connectivity index (χ1n) is 3.53. The van der Waals surface area contributed by atoms with Crippen molar-refractivity contribution in [1.29, 1.82) is 0 Å². The van der Waals surface area contributed by atoms with E-state index >= 15 is 0 Å². The van der Waals surface area contributed by atoms with Crippen LogP contribution in [0.3, 0.4) is 0 Å². The summed E-state index contributed by atoms with van der Waals surface area (Å²) in [6, 6.07) is 0. The quantitative estimate of drug-likeness (QED) is 0.488. The Hall–Kier alpha value is -0.830. The highest BCUT2D eigenvalue weighted by Gasteiger charge is 2.20. The molecule has 0 heterocycles. The number of aliphatic hydroxyl groups is 1. The summed E-state index contributed by atoms with van der Waals surface area (Å²) in [4.78, 5) is 10.8. The Balaban J connectivity index is 3.83. The maximum Gasteiger partial charge on any atom is 0.309 e. The van der Waals surface area contributed by atoms with Crippen molar-refractivity contribution in [1.82, 2.24) is 0 Å². The predicted molar refractivity (Wildman–Crippen MR) is 42.1 cm³/mol. The Morgan fingerprint density at radius 1 is 1.82 bits per heavy atom. The van der Waals surface area contributed by atoms with Crippen LogP contribution in [-0.2, 0) is 9.53 Å². The smallest absolute Gasteiger partial charge is 0.309 e. The molecule has 0 fully saturated rings. The molecule has 1 atom stereocenters. The Kier molecular flexibility index (Phi) is 3.82. The number of hydrogen-bond acceptors (Lipinski definition) is 3. The minimum absolute atomic E-state index is 0.0374. The average molecular weight is 158 g/mol. The van der Waals surface area contributed by atoms with E-state index in [9.17, 15) is 9.90 Å². The van der Waals surface area contributed by atoms with Crippen LogP contribution in [0.15, 0.2) is 12.7 Å². The maximum atomic E-state index is 10.8. The van der Waals surface area contributed by atoms with E-state index in [0.29, 0.717) is 6.61 Å². The SMILES string of the molecule is C=CC(C)(O)CC(=O)OCC. The Morgan fingerprint density at radius 2 is 2.36 bits per heavy atom. The number of rotatable bonds is 4. The Bertz CT molecular complexity index is 149. The summed E-state index contributed by atoms with van der Waals surface area (Å²) in [5.41, 5.74) is -1.15. The van der Waals surface area contributed by atoms with Crippen LogP contribution in [-0.4, -0.2) is 23.3 Å². The number of hydrogen-bond donors (Lipinski definition) is 1. The van der Waals surface area contributed by atoms with Gasteiger partial charge < -0.3 is 9.84 Å². The molecule has 0 aliphatic heterocycles. The lowest BCUT2D eigenvalue weighted by Crippen LogP contribution is -2.25. The molecule has 0 aromatic carbocycles. The van der Waals surface area contributed by atoms with Crippen molar-refractivity contribution in [2.45, 2.75) is 25.9 Å². The molecule has 0 aromatic rings. The third kappa shape index (κ3) is 4.56. The van der Waals surface area contributed by atoms with E-state index in [4.69, 9.17) is 0 Å². The van der Waals surface area contributed by atoms with Crippen LogP contribution in [0.1, 0.15) is 20.3 Å². The van der Waals surface area contributed by atoms with Crippen molar-refractivity contribution in [3.8, 4) is 0 Å². The molecule has 1 N–H and O–H groups in total. The average Bonchev–Trinajstić information content (AvgIpc) is 1.87. The van der Waals surface area contributed by atoms with Crippen molar-refractivity contribution in [3.05, 3.63) is 12.7 Å². The van der Waals surface area contributed by atoms with Gasteiger partial charge in [-0.2, -0.15) is 0 Å². The minimum atomic E-state index is -1.15. The van der Waals surface area contributed by atoms with Gasteiger partial charge in [-0.15, -0.1) is 6.58 Å². The second kappa shape index (κ2) is 4.13. The molecule has 0 saturated heterocycles. The molecule has 64 valence electrons. The van der Waals surface area contributed by atoms with E-state index in [1.165, 1.54) is 13.0 Å². The van der Waals surface area contributed by atoms with Gasteiger partial charge in [0.1, 0.15) is 0 Å². The standard InChI is InChI=1S/C8H14O3/c1-4-8(3,10)6-7(9)11-5-2/h4,10H,1,5-6H2,2-3H3. The summed E-state index contributed by atoms with van der Waals surface area (Å²) in [6.45, 7) is 6.96. The van der Waals surface area contributed by atoms with Crippen molar-refractivity contribution in [2.24, 2.45) is 0 Å². The second-order valence-corrected chi connectivity index (χ2v) is 2.54. The van der Waals surface area contributed by atoms with Crippen molar-refractivity contribution in [3.63, 3.8) is 0 Å². The molecule has 11 heavy (non-hydrogen) atoms. The van der Waals surface area contributed by atoms with Crippen LogP contribution in [0.2, 0.25) is 0 Å². The number of carbonyl (C=O) groups excluding carboxylic acids is 1. The van der Waals surface area contributed by atoms with Gasteiger partial charge in [-0.1, -0.05) is 6.08 Å². The fourth-order valence-corrected chi connectivity index (χ4v) is 0.576. The molecular formula is C8H14O3. The molecule has 1 unspecified atom stereocenters. The number of carbonyl (C=O) groups is 1. The van der Waals surface area contributed by atoms with Crippen molar-refractivity contribution in [2.75, 3.05) is 6.61 Å². The van der Waals surface area contributed by atoms with E-state index in [0.717, 1.165) is 0 Å². The molecule has 0 radical (unpaired) electrons. The summed E-state index contributed by atoms with van der Waals surface area (Å²) in [5, 5.41) is 9.30. The normalized spacial score (nSPS) is 15.2. The first-order chi connectivity index (χ1) is 5.02. The van der Waals surface area contributed by atoms with Gasteiger partial charge in [-0.25, -0.2) is 0 Å². The zero-order chi connectivity index (χ0) is 8.91. The predicted octanol–water partition coefficient (Wildman–Crippen LogP) is 0.877. The van der Waals surface area contributed by atoms with Crippen molar-refractivity contribution < 1.29 is 14.6 Å². The summed E-state index contributed by atoms with van der Waals surface area (Å²) in [7, 11) is 0. The summed E-state index contributed by atoms with van der Waals surface area (Å²) in [5.74, 6) is -0.405. The van der Waals surface area contributed by atoms with Crippen LogP contribution in [0.25, 0.3) is 0 Å². The number of ether oxygens (including phenoxy) is 1. The highest BCUT2D eigenvalue weighted by Crippen LogP contribution is 2.10. The molecule has 0 aliphatic carbocycles. The van der Waals surface area contributed by atoms with E-state index in [-0.39, 0.29) is 6.42 Å². The summed E-state index contributed by atoms with van der Waals surface area (Å²) < 4.78 is 4.63. The van der Waals surface area contributed by atoms with E-state index in [1.54, 1.807) is 6.92 Å². The lowest BCUT2D eigenvalue weighted by molar-refractivity contribution is -0.146. The first kappa shape index (κ1) is 10.2. The zero-order valence-electron chi connectivity index (χ0n) is 6.96. The summed E-state index contributed by atoms with van der Waals surface area (Å²) >= 11 is 0. The third-order valence-corrected chi connectivity index (χ3v) is 1.25. The van der Waals surface area contributed by atoms with Crippen LogP contribution in [0.5, 0.6) is 0 Å². The van der Waals surface area contributed by atoms with Crippen LogP contribution in [0, 0.1) is 0 Å². The van der Waals surface area contributed by atoms with Crippen LogP contribution < -0.4 is 0 Å². The Morgan fingerprint density at radius 3 is 2.73 bits per heavy atom. The van der Waals surface area contributed by atoms with Gasteiger partial charge in [0.25, 0.3) is 0 Å². The molecule has 0 bridgehead atoms. The second-order valence-electron chi connectivity index (χ2n) is 2.54. The lowest BCUT2D eigenvalue weighted by Gasteiger charge is -2.16. The van der Waals surface area contributed by atoms with Gasteiger partial charge >= 0.3 is 5.97 Å². The van der Waals surface area contributed by atoms with E-state index < -0.39 is 11.6 Å². The highest BCUT2D eigenvalue weighted by atomic mass is 16.5. The number of esters is 1. The van der Waals surface area contributed by atoms with Gasteiger partial charge in [0.2, 0.25) is 0 Å². The van der Waals surface area contributed by atoms with E-state index in [1.807, 2.05) is 0 Å². The molecule has 3 heteroatoms. The van der Waals surface area contributed by atoms with Gasteiger partial charge in [0.15, 0.2) is 0 Å². The molecule has 0 aromatic heterocycles. The molecule has 0 saturated carbocycles.